The van der Waals surface area contributed by atoms with Crippen LogP contribution in [0.2, 0.25) is 5.15 Å². The minimum atomic E-state index is -3.48. The molecule has 1 saturated carbocycles. The lowest BCUT2D eigenvalue weighted by Crippen LogP contribution is -2.49. The summed E-state index contributed by atoms with van der Waals surface area (Å²) in [6.45, 7) is 1.23. The molecule has 1 aliphatic carbocycles. The van der Waals surface area contributed by atoms with E-state index in [1.165, 1.54) is 4.31 Å². The topological polar surface area (TPSA) is 70.6 Å². The molecule has 2 heterocycles. The standard InChI is InChI=1S/C18H26ClN3O3S/c1-21(12-14-8-9-17(19)20-11-14)26(24,25)16-7-4-10-22(13-16)18(23)15-5-2-3-6-15/h8-9,11,15-16H,2-7,10,12-13H2,1H3. The second-order valence-electron chi connectivity index (χ2n) is 7.32. The molecule has 26 heavy (non-hydrogen) atoms. The van der Waals surface area contributed by atoms with Gasteiger partial charge >= 0.3 is 0 Å². The van der Waals surface area contributed by atoms with Crippen molar-refractivity contribution in [2.24, 2.45) is 5.92 Å². The van der Waals surface area contributed by atoms with Crippen molar-refractivity contribution in [1.82, 2.24) is 14.2 Å². The number of nitrogens with zero attached hydrogens (tertiary/aromatic N) is 3. The fourth-order valence-corrected chi connectivity index (χ4v) is 5.70. The number of hydrogen-bond donors (Lipinski definition) is 0. The second-order valence-corrected chi connectivity index (χ2v) is 10.0. The van der Waals surface area contributed by atoms with Crippen LogP contribution in [0, 0.1) is 5.92 Å². The van der Waals surface area contributed by atoms with Crippen molar-refractivity contribution in [1.29, 1.82) is 0 Å². The van der Waals surface area contributed by atoms with Gasteiger partial charge in [0.2, 0.25) is 15.9 Å². The van der Waals surface area contributed by atoms with Gasteiger partial charge in [0.05, 0.1) is 5.25 Å². The molecule has 2 aliphatic rings. The van der Waals surface area contributed by atoms with Gasteiger partial charge in [-0.2, -0.15) is 0 Å². The van der Waals surface area contributed by atoms with Gasteiger partial charge in [-0.1, -0.05) is 30.5 Å². The Hall–Kier alpha value is -1.18. The molecule has 0 aromatic carbocycles. The lowest BCUT2D eigenvalue weighted by atomic mass is 10.0. The van der Waals surface area contributed by atoms with E-state index in [4.69, 9.17) is 11.6 Å². The first-order valence-electron chi connectivity index (χ1n) is 9.22. The van der Waals surface area contributed by atoms with Gasteiger partial charge in [-0.15, -0.1) is 0 Å². The predicted octanol–water partition coefficient (Wildman–Crippen LogP) is 2.68. The molecule has 1 aliphatic heterocycles. The Morgan fingerprint density at radius 1 is 1.27 bits per heavy atom. The minimum Gasteiger partial charge on any atom is -0.341 e. The molecular weight excluding hydrogens is 374 g/mol. The van der Waals surface area contributed by atoms with Crippen molar-refractivity contribution in [3.05, 3.63) is 29.0 Å². The van der Waals surface area contributed by atoms with Crippen LogP contribution >= 0.6 is 11.6 Å². The third-order valence-electron chi connectivity index (χ3n) is 5.44. The van der Waals surface area contributed by atoms with E-state index in [0.717, 1.165) is 37.7 Å². The normalized spacial score (nSPS) is 22.1. The molecule has 144 valence electrons. The van der Waals surface area contributed by atoms with Crippen LogP contribution in [0.3, 0.4) is 0 Å². The molecule has 3 rings (SSSR count). The summed E-state index contributed by atoms with van der Waals surface area (Å²) in [5.41, 5.74) is 0.787. The average Bonchev–Trinajstić information content (AvgIpc) is 3.17. The van der Waals surface area contributed by atoms with E-state index in [9.17, 15) is 13.2 Å². The number of aromatic nitrogens is 1. The smallest absolute Gasteiger partial charge is 0.225 e. The van der Waals surface area contributed by atoms with E-state index in [0.29, 0.717) is 24.7 Å². The zero-order valence-electron chi connectivity index (χ0n) is 15.1. The summed E-state index contributed by atoms with van der Waals surface area (Å²) in [7, 11) is -1.90. The van der Waals surface area contributed by atoms with E-state index < -0.39 is 15.3 Å². The van der Waals surface area contributed by atoms with Gasteiger partial charge in [-0.3, -0.25) is 4.79 Å². The maximum atomic E-state index is 13.0. The van der Waals surface area contributed by atoms with Gasteiger partial charge in [0.15, 0.2) is 0 Å². The van der Waals surface area contributed by atoms with Gasteiger partial charge < -0.3 is 4.90 Å². The molecule has 1 atom stereocenters. The fraction of sp³-hybridized carbons (Fsp3) is 0.667. The van der Waals surface area contributed by atoms with E-state index >= 15 is 0 Å². The SMILES string of the molecule is CN(Cc1ccc(Cl)nc1)S(=O)(=O)C1CCCN(C(=O)C2CCCC2)C1. The van der Waals surface area contributed by atoms with Crippen molar-refractivity contribution in [2.45, 2.75) is 50.3 Å². The number of likely N-dealkylation sites (tertiary alicyclic amines) is 1. The highest BCUT2D eigenvalue weighted by atomic mass is 35.5. The Kier molecular flexibility index (Phi) is 6.20. The molecule has 0 N–H and O–H groups in total. The Labute approximate surface area is 160 Å². The van der Waals surface area contributed by atoms with Crippen molar-refractivity contribution < 1.29 is 13.2 Å². The Morgan fingerprint density at radius 2 is 2.00 bits per heavy atom. The number of hydrogen-bond acceptors (Lipinski definition) is 4. The molecule has 2 fully saturated rings. The molecule has 1 aromatic rings. The monoisotopic (exact) mass is 399 g/mol. The molecule has 6 nitrogen and oxygen atoms in total. The molecule has 0 radical (unpaired) electrons. The first-order valence-corrected chi connectivity index (χ1v) is 11.1. The van der Waals surface area contributed by atoms with Crippen molar-refractivity contribution >= 4 is 27.5 Å². The van der Waals surface area contributed by atoms with Crippen LogP contribution in [0.5, 0.6) is 0 Å². The van der Waals surface area contributed by atoms with Gasteiger partial charge in [0, 0.05) is 38.8 Å². The highest BCUT2D eigenvalue weighted by Crippen LogP contribution is 2.29. The first kappa shape index (κ1) is 19.6. The Morgan fingerprint density at radius 3 is 2.65 bits per heavy atom. The molecule has 1 unspecified atom stereocenters. The maximum Gasteiger partial charge on any atom is 0.225 e. The highest BCUT2D eigenvalue weighted by molar-refractivity contribution is 7.89. The number of rotatable bonds is 5. The third kappa shape index (κ3) is 4.38. The van der Waals surface area contributed by atoms with Crippen LogP contribution in [-0.4, -0.2) is 53.9 Å². The molecule has 1 amide bonds. The number of carbonyl (C=O) groups excluding carboxylic acids is 1. The van der Waals surface area contributed by atoms with Crippen molar-refractivity contribution in [2.75, 3.05) is 20.1 Å². The van der Waals surface area contributed by atoms with E-state index in [1.807, 2.05) is 0 Å². The maximum absolute atomic E-state index is 13.0. The minimum absolute atomic E-state index is 0.0920. The van der Waals surface area contributed by atoms with Crippen molar-refractivity contribution in [3.63, 3.8) is 0 Å². The molecule has 0 bridgehead atoms. The van der Waals surface area contributed by atoms with Crippen LogP contribution in [0.15, 0.2) is 18.3 Å². The summed E-state index contributed by atoms with van der Waals surface area (Å²) in [5, 5.41) is -0.153. The van der Waals surface area contributed by atoms with Gasteiger partial charge in [0.1, 0.15) is 5.15 Å². The largest absolute Gasteiger partial charge is 0.341 e. The molecular formula is C18H26ClN3O3S. The Bertz CT molecular complexity index is 733. The summed E-state index contributed by atoms with van der Waals surface area (Å²) in [6, 6.07) is 3.43. The number of piperidine rings is 1. The van der Waals surface area contributed by atoms with E-state index in [2.05, 4.69) is 4.98 Å². The van der Waals surface area contributed by atoms with E-state index in [1.54, 1.807) is 30.3 Å². The van der Waals surface area contributed by atoms with Crippen LogP contribution < -0.4 is 0 Å². The average molecular weight is 400 g/mol. The van der Waals surface area contributed by atoms with Gasteiger partial charge in [-0.05, 0) is 37.3 Å². The summed E-state index contributed by atoms with van der Waals surface area (Å²) < 4.78 is 27.3. The molecule has 1 aromatic heterocycles. The summed E-state index contributed by atoms with van der Waals surface area (Å²) in [6.07, 6.45) is 7.00. The number of pyridine rings is 1. The van der Waals surface area contributed by atoms with Crippen LogP contribution in [0.4, 0.5) is 0 Å². The molecule has 8 heteroatoms. The quantitative estimate of drug-likeness (QED) is 0.713. The van der Waals surface area contributed by atoms with Crippen LogP contribution in [-0.2, 0) is 21.4 Å². The fourth-order valence-electron chi connectivity index (χ4n) is 3.91. The van der Waals surface area contributed by atoms with Crippen LogP contribution in [0.25, 0.3) is 0 Å². The predicted molar refractivity (Wildman–Crippen MR) is 101 cm³/mol. The van der Waals surface area contributed by atoms with Gasteiger partial charge in [-0.25, -0.2) is 17.7 Å². The highest BCUT2D eigenvalue weighted by Gasteiger charge is 2.37. The van der Waals surface area contributed by atoms with Crippen LogP contribution in [0.1, 0.15) is 44.1 Å². The van der Waals surface area contributed by atoms with E-state index in [-0.39, 0.29) is 18.4 Å². The zero-order valence-corrected chi connectivity index (χ0v) is 16.7. The molecule has 0 spiro atoms. The summed E-state index contributed by atoms with van der Waals surface area (Å²) >= 11 is 5.78. The molecule has 1 saturated heterocycles. The first-order chi connectivity index (χ1) is 12.4. The number of halogens is 1. The number of amides is 1. The summed E-state index contributed by atoms with van der Waals surface area (Å²) in [4.78, 5) is 18.4. The summed E-state index contributed by atoms with van der Waals surface area (Å²) in [5.74, 6) is 0.237. The lowest BCUT2D eigenvalue weighted by Gasteiger charge is -2.35. The zero-order chi connectivity index (χ0) is 18.7. The second kappa shape index (κ2) is 8.23. The number of sulfonamides is 1. The third-order valence-corrected chi connectivity index (χ3v) is 7.89. The van der Waals surface area contributed by atoms with Crippen molar-refractivity contribution in [3.8, 4) is 0 Å². The number of carbonyl (C=O) groups is 1. The Balaban J connectivity index is 1.65. The lowest BCUT2D eigenvalue weighted by molar-refractivity contribution is -0.136. The van der Waals surface area contributed by atoms with Gasteiger partial charge in [0.25, 0.3) is 0 Å².